The summed E-state index contributed by atoms with van der Waals surface area (Å²) in [5, 5.41) is 11.3. The Hall–Kier alpha value is -2.16. The number of nitriles is 1. The van der Waals surface area contributed by atoms with Gasteiger partial charge in [-0.2, -0.15) is 5.26 Å². The Kier molecular flexibility index (Phi) is 3.72. The van der Waals surface area contributed by atoms with Gasteiger partial charge in [-0.1, -0.05) is 0 Å². The minimum Gasteiger partial charge on any atom is -0.359 e. The van der Waals surface area contributed by atoms with Crippen LogP contribution in [0.3, 0.4) is 0 Å². The van der Waals surface area contributed by atoms with E-state index in [1.807, 2.05) is 6.07 Å². The first-order chi connectivity index (χ1) is 8.74. The predicted molar refractivity (Wildman–Crippen MR) is 65.8 cm³/mol. The molecule has 1 saturated heterocycles. The molecule has 2 rings (SSSR count). The Bertz CT molecular complexity index is 456. The molecule has 0 spiro atoms. The van der Waals surface area contributed by atoms with Crippen LogP contribution in [0.25, 0.3) is 0 Å². The first-order valence-electron chi connectivity index (χ1n) is 5.93. The highest BCUT2D eigenvalue weighted by Crippen LogP contribution is 2.21. The summed E-state index contributed by atoms with van der Waals surface area (Å²) in [6.45, 7) is 1.58. The van der Waals surface area contributed by atoms with Crippen LogP contribution in [0.5, 0.6) is 0 Å². The summed E-state index contributed by atoms with van der Waals surface area (Å²) < 4.78 is 0. The fourth-order valence-corrected chi connectivity index (χ4v) is 2.12. The van der Waals surface area contributed by atoms with E-state index in [0.29, 0.717) is 5.69 Å². The van der Waals surface area contributed by atoms with E-state index in [1.54, 1.807) is 13.2 Å². The molecule has 1 aliphatic heterocycles. The van der Waals surface area contributed by atoms with E-state index < -0.39 is 0 Å². The van der Waals surface area contributed by atoms with E-state index in [-0.39, 0.29) is 11.8 Å². The molecule has 6 heteroatoms. The van der Waals surface area contributed by atoms with Gasteiger partial charge in [0, 0.05) is 26.1 Å². The molecule has 18 heavy (non-hydrogen) atoms. The number of anilines is 1. The number of carbonyl (C=O) groups excluding carboxylic acids is 1. The van der Waals surface area contributed by atoms with Crippen molar-refractivity contribution in [1.82, 2.24) is 15.3 Å². The highest BCUT2D eigenvalue weighted by atomic mass is 16.1. The van der Waals surface area contributed by atoms with Gasteiger partial charge < -0.3 is 10.2 Å². The number of piperidine rings is 1. The summed E-state index contributed by atoms with van der Waals surface area (Å²) in [6, 6.07) is 1.94. The van der Waals surface area contributed by atoms with Gasteiger partial charge >= 0.3 is 0 Å². The van der Waals surface area contributed by atoms with Gasteiger partial charge in [0.25, 0.3) is 0 Å². The molecule has 1 fully saturated rings. The quantitative estimate of drug-likeness (QED) is 0.811. The van der Waals surface area contributed by atoms with Gasteiger partial charge in [0.1, 0.15) is 11.9 Å². The van der Waals surface area contributed by atoms with Crippen molar-refractivity contribution in [2.75, 3.05) is 25.0 Å². The summed E-state index contributed by atoms with van der Waals surface area (Å²) in [6.07, 6.45) is 4.72. The van der Waals surface area contributed by atoms with E-state index in [0.717, 1.165) is 31.7 Å². The van der Waals surface area contributed by atoms with Gasteiger partial charge in [0.2, 0.25) is 5.91 Å². The largest absolute Gasteiger partial charge is 0.359 e. The van der Waals surface area contributed by atoms with Crippen molar-refractivity contribution < 1.29 is 4.79 Å². The third kappa shape index (κ3) is 2.56. The molecular formula is C12H15N5O. The summed E-state index contributed by atoms with van der Waals surface area (Å²) in [4.78, 5) is 21.8. The fraction of sp³-hybridized carbons (Fsp3) is 0.500. The topological polar surface area (TPSA) is 81.9 Å². The zero-order valence-electron chi connectivity index (χ0n) is 10.3. The Morgan fingerprint density at radius 1 is 1.44 bits per heavy atom. The number of aromatic nitrogens is 2. The lowest BCUT2D eigenvalue weighted by molar-refractivity contribution is -0.125. The van der Waals surface area contributed by atoms with Crippen molar-refractivity contribution in [1.29, 1.82) is 5.26 Å². The molecule has 0 saturated carbocycles. The molecule has 2 heterocycles. The Morgan fingerprint density at radius 2 is 2.17 bits per heavy atom. The van der Waals surface area contributed by atoms with Gasteiger partial charge in [-0.3, -0.25) is 4.79 Å². The summed E-state index contributed by atoms with van der Waals surface area (Å²) in [5.41, 5.74) is 0.319. The number of amides is 1. The molecule has 1 aliphatic rings. The summed E-state index contributed by atoms with van der Waals surface area (Å²) >= 11 is 0. The molecule has 0 aliphatic carbocycles. The minimum absolute atomic E-state index is 0.0950. The molecular weight excluding hydrogens is 230 g/mol. The van der Waals surface area contributed by atoms with Crippen molar-refractivity contribution in [2.45, 2.75) is 12.8 Å². The van der Waals surface area contributed by atoms with Crippen LogP contribution in [0.15, 0.2) is 12.4 Å². The minimum atomic E-state index is 0.0950. The molecule has 1 aromatic rings. The average molecular weight is 245 g/mol. The maximum absolute atomic E-state index is 11.5. The normalized spacial score (nSPS) is 16.1. The first kappa shape index (κ1) is 12.3. The zero-order valence-corrected chi connectivity index (χ0v) is 10.3. The SMILES string of the molecule is CNC(=O)C1CCN(c2cnc(C#N)cn2)CC1. The molecule has 6 nitrogen and oxygen atoms in total. The van der Waals surface area contributed by atoms with Gasteiger partial charge in [-0.15, -0.1) is 0 Å². The lowest BCUT2D eigenvalue weighted by Gasteiger charge is -2.31. The van der Waals surface area contributed by atoms with E-state index in [9.17, 15) is 4.79 Å². The van der Waals surface area contributed by atoms with E-state index in [1.165, 1.54) is 6.20 Å². The van der Waals surface area contributed by atoms with Crippen LogP contribution in [0, 0.1) is 17.2 Å². The van der Waals surface area contributed by atoms with Crippen LogP contribution < -0.4 is 10.2 Å². The maximum Gasteiger partial charge on any atom is 0.222 e. The molecule has 0 aromatic carbocycles. The van der Waals surface area contributed by atoms with E-state index in [4.69, 9.17) is 5.26 Å². The lowest BCUT2D eigenvalue weighted by atomic mass is 9.96. The number of hydrogen-bond donors (Lipinski definition) is 1. The number of hydrogen-bond acceptors (Lipinski definition) is 5. The molecule has 1 amide bonds. The third-order valence-corrected chi connectivity index (χ3v) is 3.19. The summed E-state index contributed by atoms with van der Waals surface area (Å²) in [5.74, 6) is 0.975. The lowest BCUT2D eigenvalue weighted by Crippen LogP contribution is -2.39. The zero-order chi connectivity index (χ0) is 13.0. The molecule has 0 unspecified atom stereocenters. The van der Waals surface area contributed by atoms with Crippen LogP contribution in [-0.2, 0) is 4.79 Å². The second kappa shape index (κ2) is 5.45. The predicted octanol–water partition coefficient (Wildman–Crippen LogP) is 0.311. The second-order valence-corrected chi connectivity index (χ2v) is 4.25. The number of nitrogens with zero attached hydrogens (tertiary/aromatic N) is 4. The monoisotopic (exact) mass is 245 g/mol. The number of carbonyl (C=O) groups is 1. The molecule has 1 N–H and O–H groups in total. The van der Waals surface area contributed by atoms with Crippen LogP contribution in [-0.4, -0.2) is 36.0 Å². The molecule has 94 valence electrons. The highest BCUT2D eigenvalue weighted by Gasteiger charge is 2.24. The van der Waals surface area contributed by atoms with Crippen molar-refractivity contribution in [3.05, 3.63) is 18.1 Å². The van der Waals surface area contributed by atoms with Crippen LogP contribution in [0.1, 0.15) is 18.5 Å². The highest BCUT2D eigenvalue weighted by molar-refractivity contribution is 5.78. The fourth-order valence-electron chi connectivity index (χ4n) is 2.12. The van der Waals surface area contributed by atoms with E-state index in [2.05, 4.69) is 20.2 Å². The third-order valence-electron chi connectivity index (χ3n) is 3.19. The Balaban J connectivity index is 1.97. The molecule has 0 bridgehead atoms. The number of nitrogens with one attached hydrogen (secondary N) is 1. The Labute approximate surface area is 106 Å². The van der Waals surface area contributed by atoms with E-state index >= 15 is 0 Å². The number of rotatable bonds is 2. The molecule has 1 aromatic heterocycles. The average Bonchev–Trinajstić information content (AvgIpc) is 2.47. The maximum atomic E-state index is 11.5. The Morgan fingerprint density at radius 3 is 2.67 bits per heavy atom. The first-order valence-corrected chi connectivity index (χ1v) is 5.93. The summed E-state index contributed by atoms with van der Waals surface area (Å²) in [7, 11) is 1.67. The smallest absolute Gasteiger partial charge is 0.222 e. The van der Waals surface area contributed by atoms with Crippen molar-refractivity contribution in [2.24, 2.45) is 5.92 Å². The van der Waals surface area contributed by atoms with Crippen LogP contribution in [0.4, 0.5) is 5.82 Å². The van der Waals surface area contributed by atoms with Crippen LogP contribution >= 0.6 is 0 Å². The van der Waals surface area contributed by atoms with Crippen molar-refractivity contribution in [3.63, 3.8) is 0 Å². The van der Waals surface area contributed by atoms with Gasteiger partial charge in [-0.25, -0.2) is 9.97 Å². The second-order valence-electron chi connectivity index (χ2n) is 4.25. The van der Waals surface area contributed by atoms with Crippen LogP contribution in [0.2, 0.25) is 0 Å². The standard InChI is InChI=1S/C12H15N5O/c1-14-12(18)9-2-4-17(5-3-9)11-8-15-10(6-13)7-16-11/h7-9H,2-5H2,1H3,(H,14,18). The molecule has 0 radical (unpaired) electrons. The van der Waals surface area contributed by atoms with Gasteiger partial charge in [0.05, 0.1) is 12.4 Å². The van der Waals surface area contributed by atoms with Crippen molar-refractivity contribution in [3.8, 4) is 6.07 Å². The molecule has 0 atom stereocenters. The van der Waals surface area contributed by atoms with Gasteiger partial charge in [-0.05, 0) is 12.8 Å². The van der Waals surface area contributed by atoms with Crippen molar-refractivity contribution >= 4 is 11.7 Å². The van der Waals surface area contributed by atoms with Gasteiger partial charge in [0.15, 0.2) is 5.69 Å².